The Labute approximate surface area is 244 Å². The number of hydrogen-bond donors (Lipinski definition) is 8. The summed E-state index contributed by atoms with van der Waals surface area (Å²) in [7, 11) is 0. The van der Waals surface area contributed by atoms with Gasteiger partial charge in [-0.3, -0.25) is 24.0 Å². The molecule has 1 aromatic heterocycles. The molecule has 13 nitrogen and oxygen atoms in total. The lowest BCUT2D eigenvalue weighted by atomic mass is 9.78. The third-order valence-corrected chi connectivity index (χ3v) is 9.03. The molecule has 13 heteroatoms. The molecule has 0 fully saturated rings. The van der Waals surface area contributed by atoms with Gasteiger partial charge in [-0.25, -0.2) is 0 Å². The van der Waals surface area contributed by atoms with Gasteiger partial charge < -0.3 is 40.7 Å². The number of hydrogen-bond acceptors (Lipinski definition) is 12. The maximum Gasteiger partial charge on any atom is 0.259 e. The number of aromatic amines is 1. The van der Waals surface area contributed by atoms with E-state index in [9.17, 15) is 59.7 Å². The minimum atomic E-state index is -2.05. The number of aliphatic hydroxyl groups is 6. The number of phenolic OH excluding ortho intramolecular Hbond substituents is 1. The Kier molecular flexibility index (Phi) is 6.45. The van der Waals surface area contributed by atoms with Crippen molar-refractivity contribution in [3.8, 4) is 5.75 Å². The third-order valence-electron chi connectivity index (χ3n) is 9.03. The molecule has 1 spiro atoms. The van der Waals surface area contributed by atoms with Crippen LogP contribution in [0.1, 0.15) is 48.8 Å². The van der Waals surface area contributed by atoms with E-state index in [-0.39, 0.29) is 46.9 Å². The monoisotopic (exact) mass is 605 g/mol. The van der Waals surface area contributed by atoms with Crippen LogP contribution in [0.4, 0.5) is 0 Å². The van der Waals surface area contributed by atoms with Gasteiger partial charge in [0.1, 0.15) is 41.0 Å². The van der Waals surface area contributed by atoms with E-state index in [1.807, 2.05) is 0 Å². The fourth-order valence-corrected chi connectivity index (χ4v) is 6.77. The summed E-state index contributed by atoms with van der Waals surface area (Å²) >= 11 is 0. The maximum absolute atomic E-state index is 13.6. The summed E-state index contributed by atoms with van der Waals surface area (Å²) in [4.78, 5) is 68.6. The van der Waals surface area contributed by atoms with E-state index in [0.29, 0.717) is 5.56 Å². The lowest BCUT2D eigenvalue weighted by Crippen LogP contribution is -2.52. The van der Waals surface area contributed by atoms with Crippen molar-refractivity contribution in [3.63, 3.8) is 0 Å². The highest BCUT2D eigenvalue weighted by molar-refractivity contribution is 5.94. The molecule has 8 N–H and O–H groups in total. The number of H-pyrrole nitrogens is 1. The Morgan fingerprint density at radius 3 is 2.02 bits per heavy atom. The molecule has 1 aromatic carbocycles. The summed E-state index contributed by atoms with van der Waals surface area (Å²) in [5, 5.41) is 71.9. The molecule has 6 rings (SSSR count). The van der Waals surface area contributed by atoms with Crippen molar-refractivity contribution in [2.24, 2.45) is 0 Å². The molecule has 5 unspecified atom stereocenters. The number of aryl methyl sites for hydroxylation is 2. The Morgan fingerprint density at radius 1 is 0.818 bits per heavy atom. The highest BCUT2D eigenvalue weighted by Gasteiger charge is 2.53. The summed E-state index contributed by atoms with van der Waals surface area (Å²) < 4.78 is 0. The number of aromatic nitrogens is 1. The molecule has 4 aliphatic carbocycles. The number of aliphatic hydroxyl groups excluding tert-OH is 6. The predicted octanol–water partition coefficient (Wildman–Crippen LogP) is -2.80. The van der Waals surface area contributed by atoms with Crippen molar-refractivity contribution in [2.75, 3.05) is 0 Å². The van der Waals surface area contributed by atoms with Crippen molar-refractivity contribution < 1.29 is 35.7 Å². The lowest BCUT2D eigenvalue weighted by molar-refractivity contribution is -0.102. The molecule has 0 saturated heterocycles. The van der Waals surface area contributed by atoms with Gasteiger partial charge in [0, 0.05) is 11.1 Å². The summed E-state index contributed by atoms with van der Waals surface area (Å²) in [6.45, 7) is 2.78. The minimum Gasteiger partial charge on any atom is -0.510 e. The van der Waals surface area contributed by atoms with Crippen LogP contribution in [0, 0.1) is 10.4 Å². The van der Waals surface area contributed by atoms with Gasteiger partial charge in [0.2, 0.25) is 10.9 Å². The fourth-order valence-electron chi connectivity index (χ4n) is 6.77. The number of aromatic hydroxyl groups is 1. The third kappa shape index (κ3) is 3.57. The molecule has 0 bridgehead atoms. The molecule has 0 radical (unpaired) electrons. The maximum atomic E-state index is 13.6. The van der Waals surface area contributed by atoms with Crippen LogP contribution in [-0.2, 0) is 18.3 Å². The van der Waals surface area contributed by atoms with Crippen LogP contribution < -0.4 is 37.7 Å². The van der Waals surface area contributed by atoms with E-state index >= 15 is 0 Å². The average molecular weight is 606 g/mol. The first-order valence-corrected chi connectivity index (χ1v) is 13.8. The van der Waals surface area contributed by atoms with Gasteiger partial charge in [-0.2, -0.15) is 0 Å². The molecular formula is C31H27NO12. The molecule has 2 aromatic rings. The van der Waals surface area contributed by atoms with Gasteiger partial charge >= 0.3 is 0 Å². The van der Waals surface area contributed by atoms with Crippen LogP contribution in [0.3, 0.4) is 0 Å². The van der Waals surface area contributed by atoms with E-state index in [4.69, 9.17) is 0 Å². The molecule has 1 heterocycles. The average Bonchev–Trinajstić information content (AvgIpc) is 3.47. The number of rotatable bonds is 5. The highest BCUT2D eigenvalue weighted by atomic mass is 16.4. The van der Waals surface area contributed by atoms with Gasteiger partial charge in [0.15, 0.2) is 10.9 Å². The molecule has 0 aliphatic heterocycles. The molecular weight excluding hydrogens is 578 g/mol. The van der Waals surface area contributed by atoms with Crippen LogP contribution in [0.2, 0.25) is 0 Å². The first-order valence-electron chi connectivity index (χ1n) is 13.8. The van der Waals surface area contributed by atoms with E-state index in [0.717, 1.165) is 6.07 Å². The number of phenols is 1. The number of benzene rings is 1. The Hall–Kier alpha value is -4.69. The topological polar surface area (TPSA) is 243 Å². The molecule has 4 aliphatic rings. The molecule has 44 heavy (non-hydrogen) atoms. The summed E-state index contributed by atoms with van der Waals surface area (Å²) in [6, 6.07) is 3.63. The molecule has 228 valence electrons. The first kappa shape index (κ1) is 29.4. The highest BCUT2D eigenvalue weighted by Crippen LogP contribution is 2.54. The van der Waals surface area contributed by atoms with Crippen LogP contribution in [-0.4, -0.2) is 59.0 Å². The normalized spacial score (nSPS) is 20.3. The van der Waals surface area contributed by atoms with E-state index in [1.54, 1.807) is 6.92 Å². The van der Waals surface area contributed by atoms with Crippen molar-refractivity contribution in [2.45, 2.75) is 62.9 Å². The van der Waals surface area contributed by atoms with Crippen LogP contribution in [0.5, 0.6) is 5.75 Å². The van der Waals surface area contributed by atoms with Gasteiger partial charge in [-0.15, -0.1) is 0 Å². The van der Waals surface area contributed by atoms with Crippen molar-refractivity contribution in [1.82, 2.24) is 4.98 Å². The summed E-state index contributed by atoms with van der Waals surface area (Å²) in [6.07, 6.45) is -6.91. The predicted molar refractivity (Wildman–Crippen MR) is 155 cm³/mol. The second-order valence-electron chi connectivity index (χ2n) is 11.4. The zero-order valence-corrected chi connectivity index (χ0v) is 23.3. The zero-order chi connectivity index (χ0) is 32.2. The van der Waals surface area contributed by atoms with E-state index in [1.165, 1.54) is 19.1 Å². The van der Waals surface area contributed by atoms with Crippen molar-refractivity contribution in [3.05, 3.63) is 113 Å². The van der Waals surface area contributed by atoms with Crippen LogP contribution in [0.25, 0.3) is 22.3 Å². The quantitative estimate of drug-likeness (QED) is 0.115. The van der Waals surface area contributed by atoms with Gasteiger partial charge in [0.05, 0.1) is 38.1 Å². The smallest absolute Gasteiger partial charge is 0.259 e. The Morgan fingerprint density at radius 2 is 1.43 bits per heavy atom. The summed E-state index contributed by atoms with van der Waals surface area (Å²) in [5.41, 5.74) is -7.08. The van der Waals surface area contributed by atoms with Crippen molar-refractivity contribution >= 4 is 22.3 Å². The van der Waals surface area contributed by atoms with Gasteiger partial charge in [0.25, 0.3) is 5.56 Å². The minimum absolute atomic E-state index is 0.00583. The van der Waals surface area contributed by atoms with Crippen molar-refractivity contribution in [1.29, 1.82) is 0 Å². The number of fused-ring (bicyclic) bond motifs is 4. The zero-order valence-electron chi connectivity index (χ0n) is 23.3. The lowest BCUT2D eigenvalue weighted by Gasteiger charge is -2.27. The van der Waals surface area contributed by atoms with E-state index < -0.39 is 95.2 Å². The van der Waals surface area contributed by atoms with Gasteiger partial charge in [-0.05, 0) is 49.3 Å². The molecule has 0 amide bonds. The van der Waals surface area contributed by atoms with Gasteiger partial charge in [-0.1, -0.05) is 13.0 Å². The number of pyridine rings is 1. The number of nitrogens with one attached hydrogen (secondary N) is 1. The SMILES string of the molecule is CCc1cc(=O)c2c(=O)c3c(c(=O)c=2c1=O)=C(O)C1(CCc2cc4cc(C(O)C(O)C(O)C(C)O)[nH]c(=O)c4c(O)c21)C=3O. The first-order chi connectivity index (χ1) is 20.7. The molecule has 5 atom stereocenters. The molecule has 0 saturated carbocycles. The fraction of sp³-hybridized carbons (Fsp3) is 0.323. The standard InChI is InChI=1S/C31H27NO12/c1-3-10-8-14(34)16-17(22(10)36)25(39)19-18(24(16)38)28(42)31(29(19)43)5-4-11-6-12-7-13(23(37)27(41)21(35)9(2)33)32-30(44)15(12)26(40)20(11)31/h6-9,21,23,27,33,35,37,40-43H,3-5H2,1-2H3,(H,32,44). The largest absolute Gasteiger partial charge is 0.510 e. The van der Waals surface area contributed by atoms with Crippen LogP contribution in [0.15, 0.2) is 42.2 Å². The second kappa shape index (κ2) is 9.66. The Bertz CT molecular complexity index is 2400. The summed E-state index contributed by atoms with van der Waals surface area (Å²) in [5.74, 6) is -2.33. The van der Waals surface area contributed by atoms with Crippen LogP contribution >= 0.6 is 0 Å². The second-order valence-corrected chi connectivity index (χ2v) is 11.4. The Balaban J connectivity index is 1.65. The van der Waals surface area contributed by atoms with E-state index in [2.05, 4.69) is 4.98 Å².